The summed E-state index contributed by atoms with van der Waals surface area (Å²) in [6.07, 6.45) is 0. The molecule has 6 nitrogen and oxygen atoms in total. The first-order chi connectivity index (χ1) is 10.6. The van der Waals surface area contributed by atoms with Gasteiger partial charge in [-0.05, 0) is 19.1 Å². The molecule has 0 aliphatic rings. The predicted molar refractivity (Wildman–Crippen MR) is 88.7 cm³/mol. The van der Waals surface area contributed by atoms with Gasteiger partial charge in [0.05, 0.1) is 22.0 Å². The van der Waals surface area contributed by atoms with E-state index in [4.69, 9.17) is 0 Å². The zero-order chi connectivity index (χ0) is 15.9. The fourth-order valence-corrected chi connectivity index (χ4v) is 2.71. The van der Waals surface area contributed by atoms with Crippen molar-refractivity contribution in [2.75, 3.05) is 18.8 Å². The second-order valence-electron chi connectivity index (χ2n) is 4.93. The third-order valence-electron chi connectivity index (χ3n) is 3.08. The van der Waals surface area contributed by atoms with Gasteiger partial charge in [-0.3, -0.25) is 9.59 Å². The third kappa shape index (κ3) is 4.77. The van der Waals surface area contributed by atoms with Gasteiger partial charge in [-0.15, -0.1) is 11.8 Å². The number of aromatic nitrogens is 2. The van der Waals surface area contributed by atoms with Crippen molar-refractivity contribution in [3.63, 3.8) is 0 Å². The summed E-state index contributed by atoms with van der Waals surface area (Å²) in [6.45, 7) is 4.36. The van der Waals surface area contributed by atoms with E-state index < -0.39 is 0 Å². The number of nitrogens with zero attached hydrogens (tertiary/aromatic N) is 1. The number of imidazole rings is 1. The molecule has 7 heteroatoms. The maximum atomic E-state index is 11.7. The van der Waals surface area contributed by atoms with E-state index >= 15 is 0 Å². The number of rotatable bonds is 7. The molecule has 1 unspecified atom stereocenters. The molecule has 1 aromatic carbocycles. The molecule has 3 N–H and O–H groups in total. The van der Waals surface area contributed by atoms with Gasteiger partial charge in [0.2, 0.25) is 11.8 Å². The van der Waals surface area contributed by atoms with E-state index in [1.54, 1.807) is 0 Å². The Morgan fingerprint density at radius 2 is 2.00 bits per heavy atom. The van der Waals surface area contributed by atoms with Crippen LogP contribution in [-0.2, 0) is 9.59 Å². The number of hydrogen-bond donors (Lipinski definition) is 3. The number of carbonyl (C=O) groups is 2. The smallest absolute Gasteiger partial charge is 0.230 e. The maximum absolute atomic E-state index is 11.7. The second kappa shape index (κ2) is 7.84. The van der Waals surface area contributed by atoms with Gasteiger partial charge in [0.15, 0.2) is 0 Å². The third-order valence-corrected chi connectivity index (χ3v) is 4.23. The van der Waals surface area contributed by atoms with Crippen LogP contribution in [0.5, 0.6) is 0 Å². The van der Waals surface area contributed by atoms with Crippen LogP contribution in [-0.4, -0.2) is 40.6 Å². The van der Waals surface area contributed by atoms with Crippen LogP contribution < -0.4 is 10.6 Å². The topological polar surface area (TPSA) is 86.9 Å². The highest BCUT2D eigenvalue weighted by Gasteiger charge is 2.13. The molecular weight excluding hydrogens is 300 g/mol. The first-order valence-electron chi connectivity index (χ1n) is 7.13. The number of benzene rings is 1. The summed E-state index contributed by atoms with van der Waals surface area (Å²) >= 11 is 1.52. The lowest BCUT2D eigenvalue weighted by Gasteiger charge is -2.09. The normalized spacial score (nSPS) is 12.1. The number of thioether (sulfide) groups is 1. The predicted octanol–water partition coefficient (Wildman–Crippen LogP) is 1.61. The van der Waals surface area contributed by atoms with Gasteiger partial charge >= 0.3 is 0 Å². The van der Waals surface area contributed by atoms with Crippen LogP contribution in [0.3, 0.4) is 0 Å². The fraction of sp³-hybridized carbons (Fsp3) is 0.400. The Kier molecular flexibility index (Phi) is 5.83. The summed E-state index contributed by atoms with van der Waals surface area (Å²) in [7, 11) is 0. The Morgan fingerprint density at radius 1 is 1.27 bits per heavy atom. The van der Waals surface area contributed by atoms with Crippen LogP contribution >= 0.6 is 11.8 Å². The minimum absolute atomic E-state index is 0.0432. The second-order valence-corrected chi connectivity index (χ2v) is 6.25. The fourth-order valence-electron chi connectivity index (χ4n) is 1.94. The molecule has 1 heterocycles. The van der Waals surface area contributed by atoms with Crippen molar-refractivity contribution in [2.45, 2.75) is 19.1 Å². The number of aromatic amines is 1. The molecule has 0 spiro atoms. The van der Waals surface area contributed by atoms with Gasteiger partial charge in [-0.25, -0.2) is 4.98 Å². The molecule has 118 valence electrons. The van der Waals surface area contributed by atoms with Gasteiger partial charge in [0, 0.05) is 20.0 Å². The molecule has 0 aliphatic carbocycles. The zero-order valence-corrected chi connectivity index (χ0v) is 13.5. The summed E-state index contributed by atoms with van der Waals surface area (Å²) in [6, 6.07) is 7.86. The minimum atomic E-state index is -0.0952. The molecule has 0 radical (unpaired) electrons. The minimum Gasteiger partial charge on any atom is -0.355 e. The number of H-pyrrole nitrogens is 1. The van der Waals surface area contributed by atoms with E-state index in [2.05, 4.69) is 20.6 Å². The Bertz CT molecular complexity index is 623. The molecule has 0 saturated carbocycles. The van der Waals surface area contributed by atoms with Crippen molar-refractivity contribution >= 4 is 34.6 Å². The number of carbonyl (C=O) groups excluding carboxylic acids is 2. The number of para-hydroxylation sites is 2. The van der Waals surface area contributed by atoms with E-state index in [9.17, 15) is 9.59 Å². The van der Waals surface area contributed by atoms with E-state index in [1.165, 1.54) is 18.7 Å². The van der Waals surface area contributed by atoms with Gasteiger partial charge in [0.25, 0.3) is 0 Å². The molecule has 0 aliphatic heterocycles. The zero-order valence-electron chi connectivity index (χ0n) is 12.7. The lowest BCUT2D eigenvalue weighted by molar-refractivity contribution is -0.120. The molecular formula is C15H20N4O2S. The van der Waals surface area contributed by atoms with E-state index in [0.717, 1.165) is 16.9 Å². The Labute approximate surface area is 133 Å². The quantitative estimate of drug-likeness (QED) is 0.677. The summed E-state index contributed by atoms with van der Waals surface area (Å²) in [5, 5.41) is 5.50. The molecule has 0 fully saturated rings. The van der Waals surface area contributed by atoms with Crippen LogP contribution in [0.4, 0.5) is 0 Å². The van der Waals surface area contributed by atoms with Gasteiger partial charge < -0.3 is 15.6 Å². The molecule has 2 amide bonds. The van der Waals surface area contributed by atoms with Crippen LogP contribution in [0.25, 0.3) is 11.0 Å². The standard InChI is InChI=1S/C15H20N4O2S/c1-10(15-18-12-5-3-4-6-13(12)19-15)22-9-14(21)17-8-7-16-11(2)20/h3-6,10H,7-9H2,1-2H3,(H,16,20)(H,17,21)(H,18,19). The van der Waals surface area contributed by atoms with E-state index in [0.29, 0.717) is 18.8 Å². The summed E-state index contributed by atoms with van der Waals surface area (Å²) < 4.78 is 0. The molecule has 0 saturated heterocycles. The Morgan fingerprint density at radius 3 is 2.73 bits per heavy atom. The lowest BCUT2D eigenvalue weighted by Crippen LogP contribution is -2.34. The van der Waals surface area contributed by atoms with Crippen LogP contribution in [0.2, 0.25) is 0 Å². The van der Waals surface area contributed by atoms with Crippen molar-refractivity contribution in [1.29, 1.82) is 0 Å². The number of hydrogen-bond acceptors (Lipinski definition) is 4. The Balaban J connectivity index is 1.76. The van der Waals surface area contributed by atoms with Crippen LogP contribution in [0, 0.1) is 0 Å². The first-order valence-corrected chi connectivity index (χ1v) is 8.18. The van der Waals surface area contributed by atoms with Crippen molar-refractivity contribution in [3.05, 3.63) is 30.1 Å². The molecule has 1 aromatic heterocycles. The number of nitrogens with one attached hydrogen (secondary N) is 3. The summed E-state index contributed by atoms with van der Waals surface area (Å²) in [5.41, 5.74) is 1.94. The summed E-state index contributed by atoms with van der Waals surface area (Å²) in [4.78, 5) is 30.2. The van der Waals surface area contributed by atoms with Crippen molar-refractivity contribution in [3.8, 4) is 0 Å². The highest BCUT2D eigenvalue weighted by molar-refractivity contribution is 8.00. The van der Waals surface area contributed by atoms with Crippen molar-refractivity contribution in [2.24, 2.45) is 0 Å². The summed E-state index contributed by atoms with van der Waals surface area (Å²) in [5.74, 6) is 1.09. The van der Waals surface area contributed by atoms with Crippen LogP contribution in [0.1, 0.15) is 24.9 Å². The number of amides is 2. The van der Waals surface area contributed by atoms with E-state index in [-0.39, 0.29) is 17.1 Å². The molecule has 2 rings (SSSR count). The van der Waals surface area contributed by atoms with Gasteiger partial charge in [-0.2, -0.15) is 0 Å². The monoisotopic (exact) mass is 320 g/mol. The average Bonchev–Trinajstić information content (AvgIpc) is 2.93. The van der Waals surface area contributed by atoms with Crippen molar-refractivity contribution < 1.29 is 9.59 Å². The first kappa shape index (κ1) is 16.4. The Hall–Kier alpha value is -2.02. The largest absolute Gasteiger partial charge is 0.355 e. The van der Waals surface area contributed by atoms with Gasteiger partial charge in [-0.1, -0.05) is 12.1 Å². The average molecular weight is 320 g/mol. The maximum Gasteiger partial charge on any atom is 0.230 e. The highest BCUT2D eigenvalue weighted by Crippen LogP contribution is 2.27. The van der Waals surface area contributed by atoms with Crippen LogP contribution in [0.15, 0.2) is 24.3 Å². The lowest BCUT2D eigenvalue weighted by atomic mass is 10.3. The van der Waals surface area contributed by atoms with Crippen molar-refractivity contribution in [1.82, 2.24) is 20.6 Å². The van der Waals surface area contributed by atoms with Gasteiger partial charge in [0.1, 0.15) is 5.82 Å². The number of fused-ring (bicyclic) bond motifs is 1. The molecule has 2 aromatic rings. The van der Waals surface area contributed by atoms with E-state index in [1.807, 2.05) is 31.2 Å². The SMILES string of the molecule is CC(=O)NCCNC(=O)CSC(C)c1nc2ccccc2[nH]1. The molecule has 0 bridgehead atoms. The molecule has 22 heavy (non-hydrogen) atoms. The highest BCUT2D eigenvalue weighted by atomic mass is 32.2. The molecule has 1 atom stereocenters.